The molecule has 5 rings (SSSR count). The van der Waals surface area contributed by atoms with Gasteiger partial charge in [0.2, 0.25) is 5.95 Å². The predicted molar refractivity (Wildman–Crippen MR) is 143 cm³/mol. The fraction of sp³-hybridized carbons (Fsp3) is 0.360. The average molecular weight is 521 g/mol. The van der Waals surface area contributed by atoms with E-state index >= 15 is 0 Å². The van der Waals surface area contributed by atoms with Crippen LogP contribution in [-0.4, -0.2) is 61.5 Å². The van der Waals surface area contributed by atoms with Crippen molar-refractivity contribution in [2.24, 2.45) is 18.2 Å². The van der Waals surface area contributed by atoms with Gasteiger partial charge in [0, 0.05) is 62.0 Å². The van der Waals surface area contributed by atoms with Crippen molar-refractivity contribution >= 4 is 44.6 Å². The molecule has 0 bridgehead atoms. The molecule has 1 aliphatic rings. The third-order valence-electron chi connectivity index (χ3n) is 6.95. The molecule has 2 amide bonds. The summed E-state index contributed by atoms with van der Waals surface area (Å²) in [4.78, 5) is 40.9. The molecule has 0 saturated carbocycles. The zero-order valence-electron chi connectivity index (χ0n) is 20.9. The maximum atomic E-state index is 11.9. The van der Waals surface area contributed by atoms with Crippen LogP contribution >= 0.6 is 11.3 Å². The first-order valence-electron chi connectivity index (χ1n) is 12.0. The van der Waals surface area contributed by atoms with Gasteiger partial charge in [-0.1, -0.05) is 11.3 Å². The number of aliphatic carboxylic acids is 1. The van der Waals surface area contributed by atoms with E-state index in [1.807, 2.05) is 31.1 Å². The van der Waals surface area contributed by atoms with E-state index in [-0.39, 0.29) is 0 Å². The number of amides is 2. The number of piperidine rings is 1. The Morgan fingerprint density at radius 3 is 2.41 bits per heavy atom. The van der Waals surface area contributed by atoms with Crippen LogP contribution in [0.2, 0.25) is 0 Å². The van der Waals surface area contributed by atoms with Gasteiger partial charge in [0.1, 0.15) is 0 Å². The Morgan fingerprint density at radius 2 is 1.84 bits per heavy atom. The summed E-state index contributed by atoms with van der Waals surface area (Å²) < 4.78 is 2.67. The van der Waals surface area contributed by atoms with Crippen LogP contribution in [0.15, 0.2) is 36.9 Å². The first-order valence-corrected chi connectivity index (χ1v) is 12.8. The molecular formula is C25H28N8O3S. The van der Waals surface area contributed by atoms with Gasteiger partial charge in [0.15, 0.2) is 5.13 Å². The van der Waals surface area contributed by atoms with Gasteiger partial charge >= 0.3 is 12.0 Å². The van der Waals surface area contributed by atoms with Gasteiger partial charge in [-0.25, -0.2) is 19.7 Å². The van der Waals surface area contributed by atoms with Gasteiger partial charge in [-0.15, -0.1) is 0 Å². The van der Waals surface area contributed by atoms with Gasteiger partial charge in [-0.05, 0) is 44.4 Å². The summed E-state index contributed by atoms with van der Waals surface area (Å²) >= 11 is 1.41. The summed E-state index contributed by atoms with van der Waals surface area (Å²) in [7, 11) is 1.86. The molecule has 0 spiro atoms. The lowest BCUT2D eigenvalue weighted by Gasteiger charge is -2.36. The molecular weight excluding hydrogens is 492 g/mol. The Balaban J connectivity index is 1.50. The Hall–Kier alpha value is -4.06. The van der Waals surface area contributed by atoms with Crippen molar-refractivity contribution in [1.82, 2.24) is 24.7 Å². The average Bonchev–Trinajstić information content (AvgIpc) is 3.50. The minimum atomic E-state index is -0.758. The highest BCUT2D eigenvalue weighted by molar-refractivity contribution is 7.23. The lowest BCUT2D eigenvalue weighted by atomic mass is 9.80. The van der Waals surface area contributed by atoms with Crippen molar-refractivity contribution in [3.8, 4) is 22.3 Å². The smallest absolute Gasteiger partial charge is 0.321 e. The number of urea groups is 1. The number of anilines is 2. The van der Waals surface area contributed by atoms with E-state index in [4.69, 9.17) is 10.7 Å². The first kappa shape index (κ1) is 24.6. The van der Waals surface area contributed by atoms with Crippen molar-refractivity contribution in [2.45, 2.75) is 26.7 Å². The zero-order valence-corrected chi connectivity index (χ0v) is 21.7. The highest BCUT2D eigenvalue weighted by Crippen LogP contribution is 2.40. The van der Waals surface area contributed by atoms with Crippen molar-refractivity contribution in [3.05, 3.63) is 36.9 Å². The molecule has 0 radical (unpaired) electrons. The molecule has 0 atom stereocenters. The van der Waals surface area contributed by atoms with E-state index in [0.717, 1.165) is 32.5 Å². The van der Waals surface area contributed by atoms with E-state index in [0.29, 0.717) is 43.6 Å². The normalized spacial score (nSPS) is 15.2. The number of carbonyl (C=O) groups excluding carboxylic acids is 1. The number of nitrogens with two attached hydrogens (primary N) is 1. The molecule has 1 fully saturated rings. The molecule has 3 aromatic heterocycles. The Morgan fingerprint density at radius 1 is 1.14 bits per heavy atom. The quantitative estimate of drug-likeness (QED) is 0.391. The number of nitrogens with zero attached hydrogens (tertiary/aromatic N) is 7. The molecule has 192 valence electrons. The fourth-order valence-electron chi connectivity index (χ4n) is 4.51. The molecule has 4 aromatic rings. The molecule has 1 saturated heterocycles. The van der Waals surface area contributed by atoms with E-state index in [9.17, 15) is 14.7 Å². The Labute approximate surface area is 217 Å². The molecule has 0 unspecified atom stereocenters. The minimum absolute atomic E-state index is 0.418. The monoisotopic (exact) mass is 520 g/mol. The van der Waals surface area contributed by atoms with E-state index in [1.165, 1.54) is 16.2 Å². The number of hydrogen-bond donors (Lipinski definition) is 2. The van der Waals surface area contributed by atoms with Gasteiger partial charge in [-0.2, -0.15) is 5.10 Å². The molecule has 0 aliphatic carbocycles. The number of thiazole rings is 1. The molecule has 1 aromatic carbocycles. The summed E-state index contributed by atoms with van der Waals surface area (Å²) in [5.41, 5.74) is 9.18. The third kappa shape index (κ3) is 4.59. The summed E-state index contributed by atoms with van der Waals surface area (Å²) in [6.07, 6.45) is 8.37. The lowest BCUT2D eigenvalue weighted by Crippen LogP contribution is -2.43. The highest BCUT2D eigenvalue weighted by Gasteiger charge is 2.37. The second kappa shape index (κ2) is 9.43. The Bertz CT molecular complexity index is 1470. The standard InChI is InChI=1S/C25H28N8O3S/c1-4-33(22(26)36)24-30-19-10-15(9-18(20(19)37-24)17-13-29-31(3)14-17)16-11-27-23(28-12-16)32-7-5-25(2,6-8-32)21(34)35/h9-14H,4-8H2,1-3H3,(H2,26,36)(H,34,35). The molecule has 37 heavy (non-hydrogen) atoms. The number of benzene rings is 1. The van der Waals surface area contributed by atoms with E-state index < -0.39 is 17.4 Å². The summed E-state index contributed by atoms with van der Waals surface area (Å²) in [6.45, 7) is 5.25. The van der Waals surface area contributed by atoms with Crippen LogP contribution in [0.1, 0.15) is 26.7 Å². The second-order valence-corrected chi connectivity index (χ2v) is 10.5. The molecule has 3 N–H and O–H groups in total. The maximum absolute atomic E-state index is 11.9. The van der Waals surface area contributed by atoms with Gasteiger partial charge in [0.05, 0.1) is 21.8 Å². The minimum Gasteiger partial charge on any atom is -0.481 e. The van der Waals surface area contributed by atoms with Gasteiger partial charge in [0.25, 0.3) is 0 Å². The molecule has 12 heteroatoms. The third-order valence-corrected chi connectivity index (χ3v) is 8.07. The number of carboxylic acid groups (broad SMARTS) is 1. The summed E-state index contributed by atoms with van der Waals surface area (Å²) in [5, 5.41) is 14.3. The maximum Gasteiger partial charge on any atom is 0.321 e. The van der Waals surface area contributed by atoms with Crippen LogP contribution in [0.4, 0.5) is 15.9 Å². The summed E-state index contributed by atoms with van der Waals surface area (Å²) in [6, 6.07) is 3.47. The number of aryl methyl sites for hydroxylation is 1. The largest absolute Gasteiger partial charge is 0.481 e. The van der Waals surface area contributed by atoms with Crippen LogP contribution in [0.3, 0.4) is 0 Å². The van der Waals surface area contributed by atoms with Crippen LogP contribution in [0.5, 0.6) is 0 Å². The van der Waals surface area contributed by atoms with E-state index in [1.54, 1.807) is 30.2 Å². The van der Waals surface area contributed by atoms with Crippen LogP contribution < -0.4 is 15.5 Å². The van der Waals surface area contributed by atoms with Gasteiger partial charge < -0.3 is 15.7 Å². The molecule has 11 nitrogen and oxygen atoms in total. The number of primary amides is 1. The van der Waals surface area contributed by atoms with E-state index in [2.05, 4.69) is 21.1 Å². The molecule has 4 heterocycles. The second-order valence-electron chi connectivity index (χ2n) is 9.48. The zero-order chi connectivity index (χ0) is 26.3. The fourth-order valence-corrected chi connectivity index (χ4v) is 5.66. The first-order chi connectivity index (χ1) is 17.7. The topological polar surface area (TPSA) is 143 Å². The van der Waals surface area contributed by atoms with Crippen LogP contribution in [0.25, 0.3) is 32.5 Å². The predicted octanol–water partition coefficient (Wildman–Crippen LogP) is 3.75. The van der Waals surface area contributed by atoms with Crippen molar-refractivity contribution in [3.63, 3.8) is 0 Å². The number of hydrogen-bond acceptors (Lipinski definition) is 8. The number of aromatic nitrogens is 5. The lowest BCUT2D eigenvalue weighted by molar-refractivity contribution is -0.149. The van der Waals surface area contributed by atoms with Crippen molar-refractivity contribution < 1.29 is 14.7 Å². The van der Waals surface area contributed by atoms with Crippen LogP contribution in [-0.2, 0) is 11.8 Å². The summed E-state index contributed by atoms with van der Waals surface area (Å²) in [5.74, 6) is -0.174. The van der Waals surface area contributed by atoms with Crippen molar-refractivity contribution in [2.75, 3.05) is 29.4 Å². The van der Waals surface area contributed by atoms with Gasteiger partial charge in [-0.3, -0.25) is 14.4 Å². The highest BCUT2D eigenvalue weighted by atomic mass is 32.1. The SMILES string of the molecule is CCN(C(N)=O)c1nc2cc(-c3cnc(N4CCC(C)(C(=O)O)CC4)nc3)cc(-c3cnn(C)c3)c2s1. The molecule has 1 aliphatic heterocycles. The number of rotatable bonds is 6. The van der Waals surface area contributed by atoms with Crippen molar-refractivity contribution in [1.29, 1.82) is 0 Å². The number of carbonyl (C=O) groups is 2. The number of fused-ring (bicyclic) bond motifs is 1. The Kier molecular flexibility index (Phi) is 6.28. The number of carboxylic acids is 1. The van der Waals surface area contributed by atoms with Crippen LogP contribution in [0, 0.1) is 5.41 Å².